The van der Waals surface area contributed by atoms with Crippen LogP contribution in [-0.4, -0.2) is 41.8 Å². The zero-order chi connectivity index (χ0) is 8.59. The number of hydrogen-bond donors (Lipinski definition) is 0. The monoisotopic (exact) mass is 154 g/mol. The molecule has 1 rings (SSSR count). The number of likely N-dealkylation sites (N-methyl/N-ethyl adjacent to an activating group) is 2. The summed E-state index contributed by atoms with van der Waals surface area (Å²) in [5, 5.41) is 0. The molecule has 5 nitrogen and oxygen atoms in total. The van der Waals surface area contributed by atoms with E-state index < -0.39 is 11.9 Å². The minimum absolute atomic E-state index is 0.238. The van der Waals surface area contributed by atoms with Crippen LogP contribution in [0, 0.1) is 0 Å². The number of carbonyl (C=O) groups excluding carboxylic acids is 3. The lowest BCUT2D eigenvalue weighted by Gasteiger charge is -2.04. The van der Waals surface area contributed by atoms with Crippen molar-refractivity contribution in [1.29, 1.82) is 0 Å². The van der Waals surface area contributed by atoms with Crippen molar-refractivity contribution in [2.45, 2.75) is 0 Å². The Hall–Kier alpha value is -1.61. The number of nitrogens with zero attached hydrogens (tertiary/aromatic N) is 2. The molecular weight excluding hydrogens is 148 g/mol. The minimum atomic E-state index is -0.604. The summed E-state index contributed by atoms with van der Waals surface area (Å²) in [6, 6.07) is -0.506. The standard InChI is InChI=1S/C6H6N2O3/c1-7-4(3-9)5(10)8(2)6(7)11/h1-2H3. The van der Waals surface area contributed by atoms with E-state index in [0.29, 0.717) is 0 Å². The van der Waals surface area contributed by atoms with E-state index in [1.165, 1.54) is 20.0 Å². The van der Waals surface area contributed by atoms with Crippen molar-refractivity contribution < 1.29 is 14.4 Å². The summed E-state index contributed by atoms with van der Waals surface area (Å²) in [7, 11) is 2.66. The maximum absolute atomic E-state index is 10.9. The molecule has 0 atom stereocenters. The second kappa shape index (κ2) is 2.21. The summed E-state index contributed by atoms with van der Waals surface area (Å²) in [6.45, 7) is 0. The Bertz CT molecular complexity index is 278. The smallest absolute Gasteiger partial charge is 0.283 e. The lowest BCUT2D eigenvalue weighted by molar-refractivity contribution is -0.122. The van der Waals surface area contributed by atoms with Crippen molar-refractivity contribution in [2.75, 3.05) is 14.1 Å². The average molecular weight is 154 g/mol. The predicted octanol–water partition coefficient (Wildman–Crippen LogP) is -0.774. The van der Waals surface area contributed by atoms with Gasteiger partial charge in [-0.15, -0.1) is 0 Å². The van der Waals surface area contributed by atoms with E-state index in [1.54, 1.807) is 0 Å². The molecule has 1 heterocycles. The van der Waals surface area contributed by atoms with Crippen molar-refractivity contribution >= 4 is 17.9 Å². The van der Waals surface area contributed by atoms with Gasteiger partial charge in [-0.25, -0.2) is 9.59 Å². The highest BCUT2D eigenvalue weighted by Crippen LogP contribution is 2.13. The highest BCUT2D eigenvalue weighted by atomic mass is 16.2. The molecule has 0 N–H and O–H groups in total. The van der Waals surface area contributed by atoms with Crippen molar-refractivity contribution in [1.82, 2.24) is 9.80 Å². The molecule has 1 saturated heterocycles. The Morgan fingerprint density at radius 3 is 1.91 bits per heavy atom. The highest BCUT2D eigenvalue weighted by Gasteiger charge is 2.36. The van der Waals surface area contributed by atoms with Crippen LogP contribution in [-0.2, 0) is 9.59 Å². The van der Waals surface area contributed by atoms with Crippen molar-refractivity contribution in [2.24, 2.45) is 0 Å². The first-order chi connectivity index (χ1) is 5.09. The van der Waals surface area contributed by atoms with Gasteiger partial charge in [0.1, 0.15) is 0 Å². The molecule has 0 spiro atoms. The highest BCUT2D eigenvalue weighted by molar-refractivity contribution is 6.15. The number of hydrogen-bond acceptors (Lipinski definition) is 3. The Labute approximate surface area is 62.9 Å². The van der Waals surface area contributed by atoms with E-state index in [0.717, 1.165) is 9.80 Å². The lowest BCUT2D eigenvalue weighted by Crippen LogP contribution is -2.27. The fourth-order valence-corrected chi connectivity index (χ4v) is 0.822. The van der Waals surface area contributed by atoms with Crippen LogP contribution in [0.3, 0.4) is 0 Å². The molecule has 0 unspecified atom stereocenters. The number of carbonyl (C=O) groups is 2. The molecule has 0 radical (unpaired) electrons. The fourth-order valence-electron chi connectivity index (χ4n) is 0.822. The van der Waals surface area contributed by atoms with Crippen LogP contribution in [0.1, 0.15) is 0 Å². The quantitative estimate of drug-likeness (QED) is 0.261. The van der Waals surface area contributed by atoms with Gasteiger partial charge in [0.25, 0.3) is 5.91 Å². The van der Waals surface area contributed by atoms with Crippen LogP contribution in [0.25, 0.3) is 0 Å². The topological polar surface area (TPSA) is 57.7 Å². The zero-order valence-corrected chi connectivity index (χ0v) is 6.12. The summed E-state index contributed by atoms with van der Waals surface area (Å²) in [5.74, 6) is 0.801. The molecule has 11 heavy (non-hydrogen) atoms. The molecule has 0 aromatic rings. The fraction of sp³-hybridized carbons (Fsp3) is 0.333. The minimum Gasteiger partial charge on any atom is -0.283 e. The van der Waals surface area contributed by atoms with Gasteiger partial charge >= 0.3 is 6.03 Å². The average Bonchev–Trinajstić information content (AvgIpc) is 2.17. The van der Waals surface area contributed by atoms with E-state index in [-0.39, 0.29) is 5.70 Å². The van der Waals surface area contributed by atoms with Gasteiger partial charge in [0.05, 0.1) is 0 Å². The third kappa shape index (κ3) is 0.824. The molecule has 0 aromatic carbocycles. The van der Waals surface area contributed by atoms with Crippen LogP contribution in [0.4, 0.5) is 4.79 Å². The predicted molar refractivity (Wildman–Crippen MR) is 35.1 cm³/mol. The Balaban J connectivity index is 3.15. The number of imide groups is 1. The molecule has 1 aliphatic heterocycles. The molecular formula is C6H6N2O3. The van der Waals surface area contributed by atoms with Crippen LogP contribution in [0.2, 0.25) is 0 Å². The maximum atomic E-state index is 10.9. The normalized spacial score (nSPS) is 17.8. The van der Waals surface area contributed by atoms with Gasteiger partial charge in [0, 0.05) is 14.1 Å². The molecule has 3 amide bonds. The molecule has 0 aromatic heterocycles. The molecule has 0 bridgehead atoms. The Morgan fingerprint density at radius 1 is 1.18 bits per heavy atom. The summed E-state index contributed by atoms with van der Waals surface area (Å²) in [5.41, 5.74) is -0.238. The number of rotatable bonds is 0. The van der Waals surface area contributed by atoms with Crippen LogP contribution in [0.5, 0.6) is 0 Å². The summed E-state index contributed by atoms with van der Waals surface area (Å²) >= 11 is 0. The van der Waals surface area contributed by atoms with Gasteiger partial charge in [0.15, 0.2) is 11.6 Å². The van der Waals surface area contributed by atoms with Crippen LogP contribution >= 0.6 is 0 Å². The van der Waals surface area contributed by atoms with Crippen LogP contribution < -0.4 is 0 Å². The Morgan fingerprint density at radius 2 is 1.73 bits per heavy atom. The largest absolute Gasteiger partial charge is 0.331 e. The third-order valence-corrected chi connectivity index (χ3v) is 1.51. The van der Waals surface area contributed by atoms with Gasteiger partial charge in [0.2, 0.25) is 0 Å². The summed E-state index contributed by atoms with van der Waals surface area (Å²) < 4.78 is 0. The molecule has 1 fully saturated rings. The van der Waals surface area contributed by atoms with E-state index in [4.69, 9.17) is 0 Å². The Kier molecular flexibility index (Phi) is 1.51. The van der Waals surface area contributed by atoms with Gasteiger partial charge in [-0.3, -0.25) is 14.6 Å². The molecule has 1 aliphatic rings. The van der Waals surface area contributed by atoms with Crippen LogP contribution in [0.15, 0.2) is 5.70 Å². The number of urea groups is 1. The maximum Gasteiger partial charge on any atom is 0.331 e. The van der Waals surface area contributed by atoms with Gasteiger partial charge in [-0.1, -0.05) is 0 Å². The van der Waals surface area contributed by atoms with Crippen molar-refractivity contribution in [3.63, 3.8) is 0 Å². The summed E-state index contributed by atoms with van der Waals surface area (Å²) in [6.07, 6.45) is 0. The molecule has 0 saturated carbocycles. The van der Waals surface area contributed by atoms with Crippen molar-refractivity contribution in [3.8, 4) is 0 Å². The SMILES string of the molecule is CN1C(=O)C(=C=O)N(C)C1=O. The third-order valence-electron chi connectivity index (χ3n) is 1.51. The number of amides is 3. The second-order valence-corrected chi connectivity index (χ2v) is 2.16. The first-order valence-electron chi connectivity index (χ1n) is 2.90. The van der Waals surface area contributed by atoms with Crippen molar-refractivity contribution in [3.05, 3.63) is 5.70 Å². The summed E-state index contributed by atoms with van der Waals surface area (Å²) in [4.78, 5) is 33.8. The van der Waals surface area contributed by atoms with E-state index in [1.807, 2.05) is 0 Å². The van der Waals surface area contributed by atoms with Gasteiger partial charge in [-0.2, -0.15) is 0 Å². The first-order valence-corrected chi connectivity index (χ1v) is 2.90. The lowest BCUT2D eigenvalue weighted by atomic mass is 10.4. The molecule has 58 valence electrons. The first kappa shape index (κ1) is 7.50. The zero-order valence-electron chi connectivity index (χ0n) is 6.12. The van der Waals surface area contributed by atoms with Gasteiger partial charge in [-0.05, 0) is 0 Å². The van der Waals surface area contributed by atoms with Gasteiger partial charge < -0.3 is 0 Å². The van der Waals surface area contributed by atoms with E-state index >= 15 is 0 Å². The molecule has 0 aliphatic carbocycles. The second-order valence-electron chi connectivity index (χ2n) is 2.16. The van der Waals surface area contributed by atoms with E-state index in [2.05, 4.69) is 0 Å². The molecule has 5 heteroatoms. The van der Waals surface area contributed by atoms with E-state index in [9.17, 15) is 14.4 Å².